The van der Waals surface area contributed by atoms with Crippen LogP contribution in [0.5, 0.6) is 0 Å². The van der Waals surface area contributed by atoms with Gasteiger partial charge in [0.2, 0.25) is 0 Å². The van der Waals surface area contributed by atoms with Crippen molar-refractivity contribution >= 4 is 15.7 Å². The number of hydrogen-bond donors (Lipinski definition) is 2. The molecule has 6 nitrogen and oxygen atoms in total. The van der Waals surface area contributed by atoms with E-state index in [2.05, 4.69) is 9.71 Å². The van der Waals surface area contributed by atoms with Crippen LogP contribution in [0.3, 0.4) is 0 Å². The maximum atomic E-state index is 12.2. The molecule has 0 fully saturated rings. The molecule has 0 aliphatic rings. The van der Waals surface area contributed by atoms with Gasteiger partial charge in [-0.2, -0.15) is 8.42 Å². The van der Waals surface area contributed by atoms with Gasteiger partial charge in [-0.1, -0.05) is 18.2 Å². The Labute approximate surface area is 124 Å². The molecule has 0 unspecified atom stereocenters. The maximum Gasteiger partial charge on any atom is 0.279 e. The van der Waals surface area contributed by atoms with Crippen LogP contribution in [0.25, 0.3) is 0 Å². The summed E-state index contributed by atoms with van der Waals surface area (Å²) in [6.07, 6.45) is 1.45. The number of aromatic nitrogens is 1. The van der Waals surface area contributed by atoms with Gasteiger partial charge in [0, 0.05) is 25.5 Å². The molecule has 0 atom stereocenters. The van der Waals surface area contributed by atoms with Gasteiger partial charge in [0.25, 0.3) is 10.0 Å². The number of nitrogens with one attached hydrogen (secondary N) is 1. The van der Waals surface area contributed by atoms with E-state index in [0.29, 0.717) is 18.8 Å². The molecule has 1 heterocycles. The van der Waals surface area contributed by atoms with Gasteiger partial charge in [0.1, 0.15) is 0 Å². The first-order valence-corrected chi connectivity index (χ1v) is 7.79. The molecule has 1 aromatic carbocycles. The highest BCUT2D eigenvalue weighted by molar-refractivity contribution is 7.92. The highest BCUT2D eigenvalue weighted by Gasteiger charge is 2.15. The summed E-state index contributed by atoms with van der Waals surface area (Å²) in [6.45, 7) is 0.735. The predicted molar refractivity (Wildman–Crippen MR) is 80.1 cm³/mol. The van der Waals surface area contributed by atoms with Crippen LogP contribution in [0.4, 0.5) is 5.69 Å². The molecule has 0 spiro atoms. The second-order valence-corrected chi connectivity index (χ2v) is 6.08. The fourth-order valence-electron chi connectivity index (χ4n) is 1.79. The minimum absolute atomic E-state index is 0.0446. The lowest BCUT2D eigenvalue weighted by Gasteiger charge is -2.09. The van der Waals surface area contributed by atoms with E-state index in [1.807, 2.05) is 6.07 Å². The second-order valence-electron chi connectivity index (χ2n) is 4.45. The lowest BCUT2D eigenvalue weighted by atomic mass is 10.2. The summed E-state index contributed by atoms with van der Waals surface area (Å²) >= 11 is 0. The number of nitrogens with two attached hydrogens (primary N) is 1. The Bertz CT molecular complexity index is 700. The smallest absolute Gasteiger partial charge is 0.279 e. The fraction of sp³-hybridized carbons (Fsp3) is 0.214. The molecule has 3 N–H and O–H groups in total. The molecule has 2 rings (SSSR count). The van der Waals surface area contributed by atoms with Crippen LogP contribution in [0.2, 0.25) is 0 Å². The van der Waals surface area contributed by atoms with E-state index < -0.39 is 10.0 Å². The first-order chi connectivity index (χ1) is 10.0. The van der Waals surface area contributed by atoms with Crippen molar-refractivity contribution in [3.8, 4) is 0 Å². The van der Waals surface area contributed by atoms with E-state index in [4.69, 9.17) is 10.5 Å². The Morgan fingerprint density at radius 3 is 2.67 bits per heavy atom. The standard InChI is InChI=1S/C14H17N3O3S/c1-20-10-11-3-2-4-13(7-11)17-21(18,19)14-6-5-12(8-15)9-16-14/h2-7,9,17H,8,10,15H2,1H3. The topological polar surface area (TPSA) is 94.3 Å². The number of nitrogens with zero attached hydrogens (tertiary/aromatic N) is 1. The Hall–Kier alpha value is -1.96. The summed E-state index contributed by atoms with van der Waals surface area (Å²) in [6, 6.07) is 10.1. The molecule has 1 aromatic heterocycles. The fourth-order valence-corrected chi connectivity index (χ4v) is 2.77. The molecule has 0 amide bonds. The molecule has 0 bridgehead atoms. The van der Waals surface area contributed by atoms with E-state index in [1.54, 1.807) is 31.4 Å². The van der Waals surface area contributed by atoms with Gasteiger partial charge in [-0.05, 0) is 29.3 Å². The molecule has 0 saturated carbocycles. The quantitative estimate of drug-likeness (QED) is 0.843. The van der Waals surface area contributed by atoms with Gasteiger partial charge in [-0.15, -0.1) is 0 Å². The molecule has 2 aromatic rings. The predicted octanol–water partition coefficient (Wildman–Crippen LogP) is 1.49. The maximum absolute atomic E-state index is 12.2. The number of ether oxygens (including phenoxy) is 1. The Balaban J connectivity index is 2.21. The molecule has 7 heteroatoms. The zero-order chi connectivity index (χ0) is 15.3. The number of hydrogen-bond acceptors (Lipinski definition) is 5. The second kappa shape index (κ2) is 6.66. The van der Waals surface area contributed by atoms with E-state index in [9.17, 15) is 8.42 Å². The van der Waals surface area contributed by atoms with Crippen LogP contribution in [0.1, 0.15) is 11.1 Å². The van der Waals surface area contributed by atoms with Crippen molar-refractivity contribution in [2.45, 2.75) is 18.2 Å². The number of anilines is 1. The lowest BCUT2D eigenvalue weighted by Crippen LogP contribution is -2.15. The molecular weight excluding hydrogens is 290 g/mol. The third-order valence-corrected chi connectivity index (χ3v) is 4.10. The van der Waals surface area contributed by atoms with Crippen molar-refractivity contribution in [1.29, 1.82) is 0 Å². The monoisotopic (exact) mass is 307 g/mol. The summed E-state index contributed by atoms with van der Waals surface area (Å²) in [5, 5.41) is -0.0446. The molecule has 0 saturated heterocycles. The van der Waals surface area contributed by atoms with Crippen molar-refractivity contribution in [1.82, 2.24) is 4.98 Å². The van der Waals surface area contributed by atoms with E-state index >= 15 is 0 Å². The lowest BCUT2D eigenvalue weighted by molar-refractivity contribution is 0.185. The third kappa shape index (κ3) is 4.01. The summed E-state index contributed by atoms with van der Waals surface area (Å²) < 4.78 is 32.0. The van der Waals surface area contributed by atoms with Gasteiger partial charge < -0.3 is 10.5 Å². The van der Waals surface area contributed by atoms with Gasteiger partial charge in [-0.25, -0.2) is 4.98 Å². The highest BCUT2D eigenvalue weighted by Crippen LogP contribution is 2.16. The summed E-state index contributed by atoms with van der Waals surface area (Å²) in [7, 11) is -2.13. The first-order valence-electron chi connectivity index (χ1n) is 6.31. The van der Waals surface area contributed by atoms with Crippen LogP contribution in [-0.4, -0.2) is 20.5 Å². The number of sulfonamides is 1. The van der Waals surface area contributed by atoms with Crippen molar-refractivity contribution in [3.63, 3.8) is 0 Å². The number of methoxy groups -OCH3 is 1. The van der Waals surface area contributed by atoms with E-state index in [-0.39, 0.29) is 5.03 Å². The summed E-state index contributed by atoms with van der Waals surface area (Å²) in [5.74, 6) is 0. The SMILES string of the molecule is COCc1cccc(NS(=O)(=O)c2ccc(CN)cn2)c1. The van der Waals surface area contributed by atoms with Crippen LogP contribution in [0.15, 0.2) is 47.6 Å². The number of benzene rings is 1. The van der Waals surface area contributed by atoms with Gasteiger partial charge >= 0.3 is 0 Å². The molecule has 112 valence electrons. The number of rotatable bonds is 6. The summed E-state index contributed by atoms with van der Waals surface area (Å²) in [4.78, 5) is 3.92. The molecule has 0 aliphatic carbocycles. The Morgan fingerprint density at radius 1 is 1.24 bits per heavy atom. The zero-order valence-electron chi connectivity index (χ0n) is 11.6. The van der Waals surface area contributed by atoms with E-state index in [1.165, 1.54) is 12.3 Å². The highest BCUT2D eigenvalue weighted by atomic mass is 32.2. The zero-order valence-corrected chi connectivity index (χ0v) is 12.4. The molecule has 0 aliphatic heterocycles. The molecule has 0 radical (unpaired) electrons. The average Bonchev–Trinajstić information content (AvgIpc) is 2.47. The average molecular weight is 307 g/mol. The van der Waals surface area contributed by atoms with Crippen molar-refractivity contribution < 1.29 is 13.2 Å². The van der Waals surface area contributed by atoms with E-state index in [0.717, 1.165) is 11.1 Å². The Kier molecular flexibility index (Phi) is 4.89. The van der Waals surface area contributed by atoms with Crippen molar-refractivity contribution in [2.24, 2.45) is 5.73 Å². The minimum atomic E-state index is -3.71. The van der Waals surface area contributed by atoms with Gasteiger partial charge in [0.05, 0.1) is 6.61 Å². The van der Waals surface area contributed by atoms with Crippen molar-refractivity contribution in [2.75, 3.05) is 11.8 Å². The number of pyridine rings is 1. The normalized spacial score (nSPS) is 11.3. The van der Waals surface area contributed by atoms with Crippen molar-refractivity contribution in [3.05, 3.63) is 53.7 Å². The van der Waals surface area contributed by atoms with Gasteiger partial charge in [0.15, 0.2) is 5.03 Å². The Morgan fingerprint density at radius 2 is 2.05 bits per heavy atom. The first kappa shape index (κ1) is 15.4. The molecular formula is C14H17N3O3S. The van der Waals surface area contributed by atoms with Crippen LogP contribution in [0, 0.1) is 0 Å². The van der Waals surface area contributed by atoms with Gasteiger partial charge in [-0.3, -0.25) is 4.72 Å². The molecule has 21 heavy (non-hydrogen) atoms. The summed E-state index contributed by atoms with van der Waals surface area (Å²) in [5.41, 5.74) is 7.58. The third-order valence-electron chi connectivity index (χ3n) is 2.80. The van der Waals surface area contributed by atoms with Crippen LogP contribution >= 0.6 is 0 Å². The largest absolute Gasteiger partial charge is 0.380 e. The van der Waals surface area contributed by atoms with Crippen LogP contribution in [-0.2, 0) is 27.9 Å². The minimum Gasteiger partial charge on any atom is -0.380 e. The van der Waals surface area contributed by atoms with Crippen LogP contribution < -0.4 is 10.5 Å².